The molecule has 0 saturated heterocycles. The van der Waals surface area contributed by atoms with E-state index in [0.717, 1.165) is 42.6 Å². The van der Waals surface area contributed by atoms with Crippen LogP contribution in [0.1, 0.15) is 23.2 Å². The Hall–Kier alpha value is -1.83. The number of nitrogens with zero attached hydrogens (tertiary/aromatic N) is 3. The van der Waals surface area contributed by atoms with Gasteiger partial charge in [0, 0.05) is 35.1 Å². The third-order valence-corrected chi connectivity index (χ3v) is 6.19. The number of hydrogen-bond donors (Lipinski definition) is 1. The highest BCUT2D eigenvalue weighted by atomic mass is 35.5. The molecule has 0 bridgehead atoms. The second-order valence-electron chi connectivity index (χ2n) is 7.23. The van der Waals surface area contributed by atoms with Gasteiger partial charge in [0.05, 0.1) is 5.75 Å². The number of hydrogen-bond acceptors (Lipinski definition) is 5. The van der Waals surface area contributed by atoms with Crippen molar-refractivity contribution < 1.29 is 4.79 Å². The molecule has 1 aliphatic rings. The van der Waals surface area contributed by atoms with Crippen LogP contribution in [0.5, 0.6) is 0 Å². The molecule has 2 aromatic rings. The first-order chi connectivity index (χ1) is 13.3. The Kier molecular flexibility index (Phi) is 6.80. The van der Waals surface area contributed by atoms with Crippen LogP contribution in [-0.2, 0) is 24.2 Å². The molecule has 1 N–H and O–H groups in total. The minimum atomic E-state index is -0.226. The zero-order valence-electron chi connectivity index (χ0n) is 16.4. The average Bonchev–Trinajstić information content (AvgIpc) is 3.11. The van der Waals surface area contributed by atoms with Crippen molar-refractivity contribution in [2.24, 2.45) is 0 Å². The molecule has 1 aliphatic carbocycles. The third-order valence-electron chi connectivity index (χ3n) is 4.77. The number of amides is 1. The minimum absolute atomic E-state index is 0.143. The van der Waals surface area contributed by atoms with Crippen molar-refractivity contribution in [3.05, 3.63) is 50.5 Å². The van der Waals surface area contributed by atoms with Gasteiger partial charge in [0.25, 0.3) is 0 Å². The normalized spacial score (nSPS) is 13.0. The molecule has 0 fully saturated rings. The molecule has 0 atom stereocenters. The summed E-state index contributed by atoms with van der Waals surface area (Å²) in [6, 6.07) is 5.43. The maximum absolute atomic E-state index is 12.5. The number of anilines is 1. The smallest absolute Gasteiger partial charge is 0.325 e. The number of halogens is 1. The van der Waals surface area contributed by atoms with Crippen LogP contribution < -0.4 is 11.0 Å². The van der Waals surface area contributed by atoms with Crippen LogP contribution in [0.25, 0.3) is 0 Å². The maximum atomic E-state index is 12.5. The maximum Gasteiger partial charge on any atom is 0.348 e. The van der Waals surface area contributed by atoms with E-state index in [9.17, 15) is 9.59 Å². The van der Waals surface area contributed by atoms with E-state index in [2.05, 4.69) is 15.2 Å². The van der Waals surface area contributed by atoms with Crippen molar-refractivity contribution in [2.75, 3.05) is 31.7 Å². The number of benzene rings is 1. The van der Waals surface area contributed by atoms with E-state index in [1.807, 2.05) is 33.2 Å². The number of nitrogens with one attached hydrogen (secondary N) is 1. The molecule has 0 saturated carbocycles. The Morgan fingerprint density at radius 1 is 1.36 bits per heavy atom. The largest absolute Gasteiger partial charge is 0.348 e. The quantitative estimate of drug-likeness (QED) is 0.551. The first-order valence-electron chi connectivity index (χ1n) is 9.31. The highest BCUT2D eigenvalue weighted by Crippen LogP contribution is 2.29. The van der Waals surface area contributed by atoms with Gasteiger partial charge in [-0.05, 0) is 58.0 Å². The summed E-state index contributed by atoms with van der Waals surface area (Å²) >= 11 is 7.43. The Labute approximate surface area is 174 Å². The number of aromatic nitrogens is 2. The zero-order valence-corrected chi connectivity index (χ0v) is 18.0. The van der Waals surface area contributed by atoms with Gasteiger partial charge >= 0.3 is 5.69 Å². The summed E-state index contributed by atoms with van der Waals surface area (Å²) in [6.45, 7) is 3.35. The topological polar surface area (TPSA) is 67.2 Å². The van der Waals surface area contributed by atoms with E-state index in [1.54, 1.807) is 10.6 Å². The van der Waals surface area contributed by atoms with Crippen LogP contribution in [-0.4, -0.2) is 46.8 Å². The first kappa shape index (κ1) is 20.9. The second-order valence-corrected chi connectivity index (χ2v) is 8.61. The van der Waals surface area contributed by atoms with Crippen molar-refractivity contribution in [1.29, 1.82) is 0 Å². The van der Waals surface area contributed by atoms with E-state index in [0.29, 0.717) is 22.3 Å². The molecule has 8 heteroatoms. The van der Waals surface area contributed by atoms with Crippen LogP contribution in [0.3, 0.4) is 0 Å². The minimum Gasteiger partial charge on any atom is -0.325 e. The molecule has 0 radical (unpaired) electrons. The van der Waals surface area contributed by atoms with Crippen molar-refractivity contribution in [2.45, 2.75) is 37.8 Å². The van der Waals surface area contributed by atoms with Gasteiger partial charge in [-0.1, -0.05) is 29.4 Å². The molecule has 0 unspecified atom stereocenters. The molecule has 1 aromatic carbocycles. The molecular weight excluding hydrogens is 396 g/mol. The molecule has 1 aromatic heterocycles. The fourth-order valence-electron chi connectivity index (χ4n) is 3.24. The molecular formula is C20H25ClN4O2S. The van der Waals surface area contributed by atoms with E-state index < -0.39 is 0 Å². The number of likely N-dealkylation sites (N-methyl/N-ethyl adjacent to an activating group) is 1. The van der Waals surface area contributed by atoms with E-state index in [-0.39, 0.29) is 17.3 Å². The first-order valence-corrected chi connectivity index (χ1v) is 10.7. The van der Waals surface area contributed by atoms with Gasteiger partial charge in [0.15, 0.2) is 0 Å². The Morgan fingerprint density at radius 3 is 2.86 bits per heavy atom. The Bertz CT molecular complexity index is 943. The molecule has 150 valence electrons. The van der Waals surface area contributed by atoms with Crippen LogP contribution >= 0.6 is 23.4 Å². The van der Waals surface area contributed by atoms with Gasteiger partial charge in [0.2, 0.25) is 5.91 Å². The lowest BCUT2D eigenvalue weighted by Gasteiger charge is -2.16. The summed E-state index contributed by atoms with van der Waals surface area (Å²) in [5, 5.41) is 4.15. The number of thioether (sulfide) groups is 1. The van der Waals surface area contributed by atoms with E-state index >= 15 is 0 Å². The summed E-state index contributed by atoms with van der Waals surface area (Å²) < 4.78 is 1.79. The van der Waals surface area contributed by atoms with Gasteiger partial charge in [-0.3, -0.25) is 9.36 Å². The van der Waals surface area contributed by atoms with Crippen LogP contribution in [0, 0.1) is 6.92 Å². The number of carbonyl (C=O) groups excluding carboxylic acids is 1. The van der Waals surface area contributed by atoms with Gasteiger partial charge in [0.1, 0.15) is 5.03 Å². The van der Waals surface area contributed by atoms with Crippen molar-refractivity contribution in [1.82, 2.24) is 14.5 Å². The van der Waals surface area contributed by atoms with E-state index in [1.165, 1.54) is 11.8 Å². The molecule has 6 nitrogen and oxygen atoms in total. The molecule has 0 aliphatic heterocycles. The van der Waals surface area contributed by atoms with Crippen molar-refractivity contribution in [3.8, 4) is 0 Å². The van der Waals surface area contributed by atoms with Crippen molar-refractivity contribution >= 4 is 35.0 Å². The highest BCUT2D eigenvalue weighted by Gasteiger charge is 2.22. The highest BCUT2D eigenvalue weighted by molar-refractivity contribution is 8.00. The second kappa shape index (κ2) is 9.11. The van der Waals surface area contributed by atoms with E-state index in [4.69, 9.17) is 11.6 Å². The van der Waals surface area contributed by atoms with Gasteiger partial charge in [-0.25, -0.2) is 4.79 Å². The zero-order chi connectivity index (χ0) is 20.3. The number of carbonyl (C=O) groups is 1. The summed E-state index contributed by atoms with van der Waals surface area (Å²) in [5.41, 5.74) is 3.60. The lowest BCUT2D eigenvalue weighted by atomic mass is 10.2. The molecule has 0 spiro atoms. The van der Waals surface area contributed by atoms with Crippen LogP contribution in [0.4, 0.5) is 5.69 Å². The SMILES string of the molecule is Cc1ccc(NC(=O)CSc2nc(=O)n(CCN(C)C)c3c2CCC3)cc1Cl. The monoisotopic (exact) mass is 420 g/mol. The predicted octanol–water partition coefficient (Wildman–Crippen LogP) is 2.99. The Morgan fingerprint density at radius 2 is 2.14 bits per heavy atom. The van der Waals surface area contributed by atoms with Gasteiger partial charge < -0.3 is 10.2 Å². The van der Waals surface area contributed by atoms with Gasteiger partial charge in [-0.2, -0.15) is 4.98 Å². The van der Waals surface area contributed by atoms with Gasteiger partial charge in [-0.15, -0.1) is 0 Å². The third kappa shape index (κ3) is 4.96. The van der Waals surface area contributed by atoms with Crippen molar-refractivity contribution in [3.63, 3.8) is 0 Å². The average molecular weight is 421 g/mol. The van der Waals surface area contributed by atoms with Crippen LogP contribution in [0.15, 0.2) is 28.0 Å². The lowest BCUT2D eigenvalue weighted by Crippen LogP contribution is -2.31. The number of fused-ring (bicyclic) bond motifs is 1. The van der Waals surface area contributed by atoms with Crippen LogP contribution in [0.2, 0.25) is 5.02 Å². The summed E-state index contributed by atoms with van der Waals surface area (Å²) in [6.07, 6.45) is 2.81. The number of aryl methyl sites for hydroxylation is 1. The fourth-order valence-corrected chi connectivity index (χ4v) is 4.30. The molecule has 3 rings (SSSR count). The summed E-state index contributed by atoms with van der Waals surface area (Å²) in [5.74, 6) is 0.0572. The number of rotatable bonds is 7. The fraction of sp³-hybridized carbons (Fsp3) is 0.450. The lowest BCUT2D eigenvalue weighted by molar-refractivity contribution is -0.113. The predicted molar refractivity (Wildman–Crippen MR) is 115 cm³/mol. The Balaban J connectivity index is 1.70. The standard InChI is InChI=1S/C20H25ClN4O2S/c1-13-7-8-14(11-16(13)21)22-18(26)12-28-19-15-5-4-6-17(15)25(20(27)23-19)10-9-24(2)3/h7-8,11H,4-6,9-10,12H2,1-3H3,(H,22,26). The molecule has 28 heavy (non-hydrogen) atoms. The summed E-state index contributed by atoms with van der Waals surface area (Å²) in [7, 11) is 3.98. The molecule has 1 heterocycles. The summed E-state index contributed by atoms with van der Waals surface area (Å²) in [4.78, 5) is 31.2. The molecule has 1 amide bonds.